The van der Waals surface area contributed by atoms with Gasteiger partial charge in [0.1, 0.15) is 47.0 Å². The van der Waals surface area contributed by atoms with Crippen LogP contribution in [0.25, 0.3) is 0 Å². The molecule has 1 aromatic rings. The Balaban J connectivity index is 1.51. The van der Waals surface area contributed by atoms with Gasteiger partial charge in [0.25, 0.3) is 0 Å². The van der Waals surface area contributed by atoms with Gasteiger partial charge in [-0.25, -0.2) is 14.4 Å². The van der Waals surface area contributed by atoms with Crippen LogP contribution in [-0.4, -0.2) is 109 Å². The van der Waals surface area contributed by atoms with Crippen LogP contribution in [-0.2, 0) is 23.7 Å². The van der Waals surface area contributed by atoms with E-state index in [0.717, 1.165) is 12.3 Å². The third-order valence-corrected chi connectivity index (χ3v) is 7.26. The van der Waals surface area contributed by atoms with Crippen molar-refractivity contribution >= 4 is 17.9 Å². The number of aliphatic hydroxyl groups is 4. The maximum absolute atomic E-state index is 12.6. The molecule has 9 atom stereocenters. The van der Waals surface area contributed by atoms with Crippen molar-refractivity contribution in [3.8, 4) is 11.5 Å². The fraction of sp³-hybridized carbons (Fsp3) is 0.542. The smallest absolute Gasteiger partial charge is 0.342 e. The van der Waals surface area contributed by atoms with E-state index in [4.69, 9.17) is 24.1 Å². The SMILES string of the molecule is O=C(O)C1=CO[C@H](O[C@H]2O[C@@H](CO)[C@H](O)[C@@H](O)[C@@H]2O)[C@H]2[C@H](COC(=O)c3cc(O)c(C(=O)O)cc3O)CC[C@@H]12. The Labute approximate surface area is 220 Å². The summed E-state index contributed by atoms with van der Waals surface area (Å²) in [4.78, 5) is 35.5. The molecule has 2 fully saturated rings. The highest BCUT2D eigenvalue weighted by Crippen LogP contribution is 2.47. The van der Waals surface area contributed by atoms with Crippen LogP contribution in [0, 0.1) is 17.8 Å². The summed E-state index contributed by atoms with van der Waals surface area (Å²) in [6.45, 7) is -1.01. The van der Waals surface area contributed by atoms with Gasteiger partial charge in [-0.3, -0.25) is 0 Å². The minimum Gasteiger partial charge on any atom is -0.507 e. The molecule has 0 bridgehead atoms. The Kier molecular flexibility index (Phi) is 8.29. The number of phenolic OH excluding ortho intramolecular Hbond substituents is 1. The molecular weight excluding hydrogens is 528 g/mol. The number of carbonyl (C=O) groups is 3. The Morgan fingerprint density at radius 3 is 2.21 bits per heavy atom. The lowest BCUT2D eigenvalue weighted by molar-refractivity contribution is -0.342. The number of carboxylic acid groups (broad SMARTS) is 2. The predicted molar refractivity (Wildman–Crippen MR) is 122 cm³/mol. The number of aromatic hydroxyl groups is 2. The summed E-state index contributed by atoms with van der Waals surface area (Å²) in [6.07, 6.45) is -7.48. The van der Waals surface area contributed by atoms with Crippen molar-refractivity contribution in [3.05, 3.63) is 35.1 Å². The van der Waals surface area contributed by atoms with Crippen molar-refractivity contribution in [1.29, 1.82) is 0 Å². The van der Waals surface area contributed by atoms with Crippen molar-refractivity contribution in [3.63, 3.8) is 0 Å². The average molecular weight is 556 g/mol. The van der Waals surface area contributed by atoms with Crippen molar-refractivity contribution < 1.29 is 74.2 Å². The van der Waals surface area contributed by atoms with Crippen LogP contribution >= 0.6 is 0 Å². The number of carboxylic acids is 2. The zero-order valence-corrected chi connectivity index (χ0v) is 20.2. The third-order valence-electron chi connectivity index (χ3n) is 7.26. The fourth-order valence-corrected chi connectivity index (χ4v) is 5.21. The largest absolute Gasteiger partial charge is 0.507 e. The van der Waals surface area contributed by atoms with E-state index in [2.05, 4.69) is 0 Å². The first kappa shape index (κ1) is 28.5. The third kappa shape index (κ3) is 5.50. The molecule has 214 valence electrons. The highest BCUT2D eigenvalue weighted by Gasteiger charge is 2.52. The second kappa shape index (κ2) is 11.3. The lowest BCUT2D eigenvalue weighted by Crippen LogP contribution is -2.60. The summed E-state index contributed by atoms with van der Waals surface area (Å²) in [6, 6.07) is 1.45. The molecule has 2 heterocycles. The molecule has 0 spiro atoms. The van der Waals surface area contributed by atoms with Crippen LogP contribution in [0.3, 0.4) is 0 Å². The molecular formula is C24H28O15. The van der Waals surface area contributed by atoms with E-state index in [9.17, 15) is 50.1 Å². The van der Waals surface area contributed by atoms with E-state index >= 15 is 0 Å². The number of benzene rings is 1. The van der Waals surface area contributed by atoms with E-state index < -0.39 is 102 Å². The first-order valence-corrected chi connectivity index (χ1v) is 12.0. The molecule has 0 radical (unpaired) electrons. The number of aromatic carboxylic acids is 1. The van der Waals surface area contributed by atoms with Gasteiger partial charge in [0.05, 0.1) is 25.0 Å². The maximum Gasteiger partial charge on any atom is 0.342 e. The van der Waals surface area contributed by atoms with Gasteiger partial charge < -0.3 is 59.8 Å². The number of carbonyl (C=O) groups excluding carboxylic acids is 1. The van der Waals surface area contributed by atoms with Crippen molar-refractivity contribution in [2.75, 3.05) is 13.2 Å². The molecule has 39 heavy (non-hydrogen) atoms. The molecule has 1 aromatic carbocycles. The Morgan fingerprint density at radius 2 is 1.56 bits per heavy atom. The molecule has 3 aliphatic rings. The molecule has 4 rings (SSSR count). The highest BCUT2D eigenvalue weighted by molar-refractivity contribution is 5.97. The van der Waals surface area contributed by atoms with E-state index in [1.807, 2.05) is 0 Å². The average Bonchev–Trinajstić information content (AvgIpc) is 3.32. The summed E-state index contributed by atoms with van der Waals surface area (Å²) in [7, 11) is 0. The minimum atomic E-state index is -1.74. The van der Waals surface area contributed by atoms with Crippen molar-refractivity contribution in [1.82, 2.24) is 0 Å². The number of hydrogen-bond donors (Lipinski definition) is 8. The van der Waals surface area contributed by atoms with E-state index in [1.54, 1.807) is 0 Å². The second-order valence-corrected chi connectivity index (χ2v) is 9.53. The monoisotopic (exact) mass is 556 g/mol. The van der Waals surface area contributed by atoms with Gasteiger partial charge in [0.15, 0.2) is 6.29 Å². The molecule has 0 unspecified atom stereocenters. The summed E-state index contributed by atoms with van der Waals surface area (Å²) in [5.41, 5.74) is -1.18. The zero-order valence-electron chi connectivity index (χ0n) is 20.2. The van der Waals surface area contributed by atoms with Gasteiger partial charge in [-0.2, -0.15) is 0 Å². The molecule has 15 nitrogen and oxygen atoms in total. The zero-order chi connectivity index (χ0) is 28.6. The van der Waals surface area contributed by atoms with Crippen LogP contribution in [0.4, 0.5) is 0 Å². The minimum absolute atomic E-state index is 0.0608. The Hall–Kier alpha value is -3.47. The highest BCUT2D eigenvalue weighted by atomic mass is 16.8. The first-order valence-electron chi connectivity index (χ1n) is 12.0. The molecule has 0 aromatic heterocycles. The summed E-state index contributed by atoms with van der Waals surface area (Å²) in [5.74, 6) is -7.29. The van der Waals surface area contributed by atoms with Crippen LogP contribution in [0.5, 0.6) is 11.5 Å². The molecule has 15 heteroatoms. The van der Waals surface area contributed by atoms with Gasteiger partial charge in [0, 0.05) is 17.8 Å². The van der Waals surface area contributed by atoms with E-state index in [0.29, 0.717) is 18.9 Å². The van der Waals surface area contributed by atoms with Gasteiger partial charge in [-0.05, 0) is 25.0 Å². The lowest BCUT2D eigenvalue weighted by atomic mass is 9.83. The van der Waals surface area contributed by atoms with Crippen LogP contribution in [0.2, 0.25) is 0 Å². The summed E-state index contributed by atoms with van der Waals surface area (Å²) < 4.78 is 21.9. The maximum atomic E-state index is 12.6. The van der Waals surface area contributed by atoms with E-state index in [1.165, 1.54) is 0 Å². The first-order chi connectivity index (χ1) is 18.4. The number of rotatable bonds is 8. The second-order valence-electron chi connectivity index (χ2n) is 9.53. The molecule has 1 saturated heterocycles. The van der Waals surface area contributed by atoms with Crippen molar-refractivity contribution in [2.45, 2.75) is 49.8 Å². The van der Waals surface area contributed by atoms with Crippen LogP contribution in [0.15, 0.2) is 24.0 Å². The lowest BCUT2D eigenvalue weighted by Gasteiger charge is -2.43. The summed E-state index contributed by atoms with van der Waals surface area (Å²) >= 11 is 0. The van der Waals surface area contributed by atoms with Gasteiger partial charge in [-0.1, -0.05) is 0 Å². The molecule has 1 saturated carbocycles. The number of phenols is 2. The van der Waals surface area contributed by atoms with Gasteiger partial charge in [0.2, 0.25) is 6.29 Å². The van der Waals surface area contributed by atoms with Crippen LogP contribution < -0.4 is 0 Å². The number of aliphatic carboxylic acids is 1. The fourth-order valence-electron chi connectivity index (χ4n) is 5.21. The molecule has 2 aliphatic heterocycles. The quantitative estimate of drug-likeness (QED) is 0.137. The standard InChI is InChI=1S/C24H28O15/c25-5-15-17(28)18(29)19(30)24(38-15)39-23-16-8(1-2-9(16)12(7-37-23)21(33)34)6-36-22(35)11-4-13(26)10(20(31)32)3-14(11)27/h3-4,7-9,15-19,23-30H,1-2,5-6H2,(H,31,32)(H,33,34)/t8-,9-,15-,16-,17-,18+,19-,23+,24+/m0/s1. The predicted octanol–water partition coefficient (Wildman–Crippen LogP) is -1.26. The van der Waals surface area contributed by atoms with E-state index in [-0.39, 0.29) is 12.2 Å². The van der Waals surface area contributed by atoms with Crippen molar-refractivity contribution in [2.24, 2.45) is 17.8 Å². The Bertz CT molecular complexity index is 1150. The number of hydrogen-bond acceptors (Lipinski definition) is 13. The number of fused-ring (bicyclic) bond motifs is 1. The summed E-state index contributed by atoms with van der Waals surface area (Å²) in [5, 5.41) is 78.4. The topological polar surface area (TPSA) is 250 Å². The number of ether oxygens (including phenoxy) is 4. The number of aliphatic hydroxyl groups excluding tert-OH is 4. The normalized spacial score (nSPS) is 33.9. The molecule has 8 N–H and O–H groups in total. The molecule has 1 aliphatic carbocycles. The Morgan fingerprint density at radius 1 is 0.897 bits per heavy atom. The van der Waals surface area contributed by atoms with Gasteiger partial charge >= 0.3 is 17.9 Å². The van der Waals surface area contributed by atoms with Crippen LogP contribution in [0.1, 0.15) is 33.6 Å². The van der Waals surface area contributed by atoms with Gasteiger partial charge in [-0.15, -0.1) is 0 Å². The molecule has 0 amide bonds. The number of esters is 1.